The van der Waals surface area contributed by atoms with Crippen LogP contribution in [0.5, 0.6) is 0 Å². The second-order valence-electron chi connectivity index (χ2n) is 2.82. The lowest BCUT2D eigenvalue weighted by molar-refractivity contribution is -0.119. The van der Waals surface area contributed by atoms with Crippen LogP contribution in [0.15, 0.2) is 18.3 Å². The van der Waals surface area contributed by atoms with E-state index in [1.807, 2.05) is 6.92 Å². The topological polar surface area (TPSA) is 71.1 Å². The number of alkyl halides is 1. The second kappa shape index (κ2) is 5.31. The average molecular weight is 228 g/mol. The Kier molecular flexibility index (Phi) is 4.05. The molecule has 0 spiro atoms. The highest BCUT2D eigenvalue weighted by Gasteiger charge is 2.06. The van der Waals surface area contributed by atoms with Crippen molar-refractivity contribution in [2.24, 2.45) is 0 Å². The summed E-state index contributed by atoms with van der Waals surface area (Å²) in [4.78, 5) is 26.0. The minimum atomic E-state index is -0.468. The number of nitrogens with one attached hydrogen (secondary N) is 2. The lowest BCUT2D eigenvalue weighted by Crippen LogP contribution is -2.42. The van der Waals surface area contributed by atoms with Crippen LogP contribution in [-0.4, -0.2) is 22.7 Å². The zero-order valence-corrected chi connectivity index (χ0v) is 8.84. The fourth-order valence-electron chi connectivity index (χ4n) is 0.834. The summed E-state index contributed by atoms with van der Waals surface area (Å²) in [6, 6.07) is 3.32. The lowest BCUT2D eigenvalue weighted by atomic mass is 10.2. The smallest absolute Gasteiger partial charge is 0.271 e. The van der Waals surface area contributed by atoms with Crippen molar-refractivity contribution >= 4 is 23.4 Å². The maximum atomic E-state index is 11.4. The number of aryl methyl sites for hydroxylation is 1. The highest BCUT2D eigenvalue weighted by atomic mass is 35.5. The van der Waals surface area contributed by atoms with Gasteiger partial charge >= 0.3 is 0 Å². The van der Waals surface area contributed by atoms with E-state index in [2.05, 4.69) is 15.8 Å². The molecule has 1 aromatic rings. The SMILES string of the molecule is Cc1ccc(C(=O)NNC(=O)CCl)cn1. The number of halogens is 1. The van der Waals surface area contributed by atoms with Crippen LogP contribution in [0.4, 0.5) is 0 Å². The van der Waals surface area contributed by atoms with Crippen LogP contribution in [0, 0.1) is 6.92 Å². The molecule has 15 heavy (non-hydrogen) atoms. The van der Waals surface area contributed by atoms with E-state index in [9.17, 15) is 9.59 Å². The number of rotatable bonds is 2. The van der Waals surface area contributed by atoms with Gasteiger partial charge in [-0.3, -0.25) is 25.4 Å². The first-order chi connectivity index (χ1) is 7.13. The number of hydrogen-bond donors (Lipinski definition) is 2. The first-order valence-corrected chi connectivity index (χ1v) is 4.74. The third-order valence-corrected chi connectivity index (χ3v) is 1.85. The van der Waals surface area contributed by atoms with Crippen LogP contribution in [-0.2, 0) is 4.79 Å². The number of carbonyl (C=O) groups excluding carboxylic acids is 2. The summed E-state index contributed by atoms with van der Waals surface area (Å²) in [5.74, 6) is -1.10. The molecule has 0 fully saturated rings. The Morgan fingerprint density at radius 2 is 2.13 bits per heavy atom. The molecule has 2 amide bonds. The Labute approximate surface area is 91.8 Å². The van der Waals surface area contributed by atoms with E-state index in [1.165, 1.54) is 6.20 Å². The monoisotopic (exact) mass is 227 g/mol. The summed E-state index contributed by atoms with van der Waals surface area (Å²) in [7, 11) is 0. The van der Waals surface area contributed by atoms with Crippen molar-refractivity contribution in [2.45, 2.75) is 6.92 Å². The van der Waals surface area contributed by atoms with Gasteiger partial charge in [-0.05, 0) is 19.1 Å². The molecule has 0 aliphatic heterocycles. The van der Waals surface area contributed by atoms with Crippen LogP contribution < -0.4 is 10.9 Å². The molecule has 0 aliphatic carbocycles. The van der Waals surface area contributed by atoms with Gasteiger partial charge < -0.3 is 0 Å². The summed E-state index contributed by atoms with van der Waals surface area (Å²) in [5, 5.41) is 0. The second-order valence-corrected chi connectivity index (χ2v) is 3.09. The van der Waals surface area contributed by atoms with Crippen LogP contribution in [0.2, 0.25) is 0 Å². The molecule has 80 valence electrons. The van der Waals surface area contributed by atoms with E-state index in [4.69, 9.17) is 11.6 Å². The highest BCUT2D eigenvalue weighted by Crippen LogP contribution is 1.98. The molecule has 0 unspecified atom stereocenters. The number of aromatic nitrogens is 1. The molecule has 6 heteroatoms. The van der Waals surface area contributed by atoms with Crippen molar-refractivity contribution in [1.29, 1.82) is 0 Å². The van der Waals surface area contributed by atoms with Gasteiger partial charge in [0.15, 0.2) is 0 Å². The fraction of sp³-hybridized carbons (Fsp3) is 0.222. The molecule has 0 radical (unpaired) electrons. The molecular weight excluding hydrogens is 218 g/mol. The third-order valence-electron chi connectivity index (χ3n) is 1.61. The van der Waals surface area contributed by atoms with Crippen LogP contribution >= 0.6 is 11.6 Å². The van der Waals surface area contributed by atoms with Gasteiger partial charge in [0, 0.05) is 11.9 Å². The summed E-state index contributed by atoms with van der Waals surface area (Å²) >= 11 is 5.23. The molecule has 5 nitrogen and oxygen atoms in total. The van der Waals surface area contributed by atoms with Gasteiger partial charge in [-0.25, -0.2) is 0 Å². The lowest BCUT2D eigenvalue weighted by Gasteiger charge is -2.05. The minimum Gasteiger partial charge on any atom is -0.272 e. The molecule has 2 N–H and O–H groups in total. The van der Waals surface area contributed by atoms with Gasteiger partial charge in [-0.1, -0.05) is 0 Å². The first kappa shape index (κ1) is 11.5. The zero-order chi connectivity index (χ0) is 11.3. The van der Waals surface area contributed by atoms with Crippen molar-refractivity contribution in [1.82, 2.24) is 15.8 Å². The Bertz CT molecular complexity index is 364. The molecule has 1 heterocycles. The van der Waals surface area contributed by atoms with Gasteiger partial charge in [0.2, 0.25) is 0 Å². The molecule has 0 aliphatic rings. The quantitative estimate of drug-likeness (QED) is 0.567. The molecule has 1 aromatic heterocycles. The molecule has 0 saturated carbocycles. The number of hydrogen-bond acceptors (Lipinski definition) is 3. The molecule has 0 saturated heterocycles. The largest absolute Gasteiger partial charge is 0.272 e. The van der Waals surface area contributed by atoms with Crippen LogP contribution in [0.3, 0.4) is 0 Å². The number of carbonyl (C=O) groups is 2. The Balaban J connectivity index is 2.54. The van der Waals surface area contributed by atoms with Crippen molar-refractivity contribution in [3.8, 4) is 0 Å². The summed E-state index contributed by atoms with van der Waals surface area (Å²) in [6.45, 7) is 1.82. The molecular formula is C9H10ClN3O2. The van der Waals surface area contributed by atoms with E-state index in [-0.39, 0.29) is 5.88 Å². The summed E-state index contributed by atoms with van der Waals surface area (Å²) in [6.07, 6.45) is 1.43. The van der Waals surface area contributed by atoms with Crippen molar-refractivity contribution in [2.75, 3.05) is 5.88 Å². The number of nitrogens with zero attached hydrogens (tertiary/aromatic N) is 1. The van der Waals surface area contributed by atoms with Gasteiger partial charge in [-0.2, -0.15) is 0 Å². The Hall–Kier alpha value is -1.62. The molecule has 0 atom stereocenters. The Morgan fingerprint density at radius 3 is 2.67 bits per heavy atom. The highest BCUT2D eigenvalue weighted by molar-refractivity contribution is 6.27. The first-order valence-electron chi connectivity index (χ1n) is 4.21. The Morgan fingerprint density at radius 1 is 1.40 bits per heavy atom. The van der Waals surface area contributed by atoms with E-state index >= 15 is 0 Å². The van der Waals surface area contributed by atoms with Crippen molar-refractivity contribution < 1.29 is 9.59 Å². The van der Waals surface area contributed by atoms with E-state index in [0.717, 1.165) is 5.69 Å². The standard InChI is InChI=1S/C9H10ClN3O2/c1-6-2-3-7(5-11-6)9(15)13-12-8(14)4-10/h2-3,5H,4H2,1H3,(H,12,14)(H,13,15). The van der Waals surface area contributed by atoms with Crippen molar-refractivity contribution in [3.05, 3.63) is 29.6 Å². The third kappa shape index (κ3) is 3.55. The number of hydrazine groups is 1. The van der Waals surface area contributed by atoms with Crippen molar-refractivity contribution in [3.63, 3.8) is 0 Å². The summed E-state index contributed by atoms with van der Waals surface area (Å²) < 4.78 is 0. The van der Waals surface area contributed by atoms with Gasteiger partial charge in [0.25, 0.3) is 11.8 Å². The average Bonchev–Trinajstić information content (AvgIpc) is 2.26. The predicted octanol–water partition coefficient (Wildman–Crippen LogP) is 0.390. The number of amides is 2. The van der Waals surface area contributed by atoms with Gasteiger partial charge in [0.05, 0.1) is 5.56 Å². The van der Waals surface area contributed by atoms with Crippen LogP contribution in [0.1, 0.15) is 16.1 Å². The maximum absolute atomic E-state index is 11.4. The molecule has 0 aromatic carbocycles. The maximum Gasteiger partial charge on any atom is 0.271 e. The van der Waals surface area contributed by atoms with E-state index in [1.54, 1.807) is 12.1 Å². The molecule has 1 rings (SSSR count). The predicted molar refractivity (Wildman–Crippen MR) is 55.3 cm³/mol. The molecule has 0 bridgehead atoms. The van der Waals surface area contributed by atoms with E-state index < -0.39 is 11.8 Å². The zero-order valence-electron chi connectivity index (χ0n) is 8.08. The van der Waals surface area contributed by atoms with Gasteiger partial charge in [-0.15, -0.1) is 11.6 Å². The van der Waals surface area contributed by atoms with Crippen LogP contribution in [0.25, 0.3) is 0 Å². The summed E-state index contributed by atoms with van der Waals surface area (Å²) in [5.41, 5.74) is 5.54. The number of pyridine rings is 1. The van der Waals surface area contributed by atoms with E-state index in [0.29, 0.717) is 5.56 Å². The minimum absolute atomic E-state index is 0.202. The fourth-order valence-corrected chi connectivity index (χ4v) is 0.901. The normalized spacial score (nSPS) is 9.47. The van der Waals surface area contributed by atoms with Gasteiger partial charge in [0.1, 0.15) is 5.88 Å².